The second-order valence-electron chi connectivity index (χ2n) is 15.5. The number of hydrogen-bond donors (Lipinski definition) is 0. The van der Waals surface area contributed by atoms with Crippen LogP contribution in [0.4, 0.5) is 0 Å². The van der Waals surface area contributed by atoms with Gasteiger partial charge >= 0.3 is 0 Å². The van der Waals surface area contributed by atoms with Gasteiger partial charge in [-0.2, -0.15) is 0 Å². The van der Waals surface area contributed by atoms with Crippen LogP contribution in [0.15, 0.2) is 203 Å². The molecule has 0 aliphatic rings. The third kappa shape index (κ3) is 5.83. The van der Waals surface area contributed by atoms with Gasteiger partial charge in [0.15, 0.2) is 17.5 Å². The van der Waals surface area contributed by atoms with E-state index in [2.05, 4.69) is 132 Å². The molecule has 0 atom stereocenters. The van der Waals surface area contributed by atoms with Crippen LogP contribution < -0.4 is 0 Å². The molecule has 0 aliphatic carbocycles. The molecule has 0 aliphatic heterocycles. The molecule has 63 heavy (non-hydrogen) atoms. The molecule has 0 spiro atoms. The van der Waals surface area contributed by atoms with E-state index < -0.39 is 0 Å². The molecule has 4 heterocycles. The van der Waals surface area contributed by atoms with Crippen molar-refractivity contribution in [1.29, 1.82) is 0 Å². The second kappa shape index (κ2) is 14.7. The number of para-hydroxylation sites is 3. The molecule has 13 aromatic rings. The van der Waals surface area contributed by atoms with Crippen molar-refractivity contribution in [2.75, 3.05) is 0 Å². The maximum Gasteiger partial charge on any atom is 0.164 e. The minimum atomic E-state index is 0.571. The van der Waals surface area contributed by atoms with Gasteiger partial charge in [0.05, 0.1) is 11.0 Å². The highest BCUT2D eigenvalue weighted by molar-refractivity contribution is 6.23. The van der Waals surface area contributed by atoms with Gasteiger partial charge < -0.3 is 13.4 Å². The zero-order valence-corrected chi connectivity index (χ0v) is 34.6. The number of furan rings is 2. The summed E-state index contributed by atoms with van der Waals surface area (Å²) in [6, 6.07) is 67.5. The van der Waals surface area contributed by atoms with Gasteiger partial charge in [0.1, 0.15) is 22.3 Å². The van der Waals surface area contributed by atoms with Crippen LogP contribution in [-0.2, 0) is 0 Å². The van der Waals surface area contributed by atoms with Crippen molar-refractivity contribution in [2.24, 2.45) is 0 Å². The Bertz CT molecular complexity index is 3900. The minimum Gasteiger partial charge on any atom is -0.456 e. The predicted octanol–water partition coefficient (Wildman–Crippen LogP) is 15.6. The van der Waals surface area contributed by atoms with E-state index >= 15 is 0 Å². The van der Waals surface area contributed by atoms with Gasteiger partial charge in [-0.05, 0) is 53.4 Å². The van der Waals surface area contributed by atoms with Crippen LogP contribution in [0.3, 0.4) is 0 Å². The predicted molar refractivity (Wildman–Crippen MR) is 259 cm³/mol. The van der Waals surface area contributed by atoms with E-state index in [1.807, 2.05) is 80.6 Å². The third-order valence-corrected chi connectivity index (χ3v) is 12.0. The molecule has 0 saturated carbocycles. The van der Waals surface area contributed by atoms with Crippen molar-refractivity contribution in [2.45, 2.75) is 13.8 Å². The topological polar surface area (TPSA) is 69.9 Å². The Morgan fingerprint density at radius 3 is 1.71 bits per heavy atom. The van der Waals surface area contributed by atoms with Crippen LogP contribution in [0.25, 0.3) is 127 Å². The summed E-state index contributed by atoms with van der Waals surface area (Å²) in [6.45, 7) is 4.00. The lowest BCUT2D eigenvalue weighted by molar-refractivity contribution is 0.668. The highest BCUT2D eigenvalue weighted by Gasteiger charge is 2.22. The second-order valence-corrected chi connectivity index (χ2v) is 15.5. The summed E-state index contributed by atoms with van der Waals surface area (Å²) in [6.07, 6.45) is 0. The molecule has 298 valence electrons. The van der Waals surface area contributed by atoms with E-state index in [1.165, 1.54) is 21.5 Å². The molecule has 0 fully saturated rings. The fourth-order valence-corrected chi connectivity index (χ4v) is 9.30. The summed E-state index contributed by atoms with van der Waals surface area (Å²) in [7, 11) is 0. The third-order valence-electron chi connectivity index (χ3n) is 12.0. The first kappa shape index (κ1) is 36.5. The molecule has 0 amide bonds. The van der Waals surface area contributed by atoms with Crippen LogP contribution in [0, 0.1) is 0 Å². The number of benzene rings is 9. The molecule has 4 aromatic heterocycles. The Morgan fingerprint density at radius 1 is 0.349 bits per heavy atom. The van der Waals surface area contributed by atoms with Gasteiger partial charge in [-0.25, -0.2) is 15.0 Å². The van der Waals surface area contributed by atoms with Crippen LogP contribution >= 0.6 is 0 Å². The highest BCUT2D eigenvalue weighted by Crippen LogP contribution is 2.44. The summed E-state index contributed by atoms with van der Waals surface area (Å²) in [4.78, 5) is 15.4. The smallest absolute Gasteiger partial charge is 0.164 e. The van der Waals surface area contributed by atoms with Gasteiger partial charge in [-0.3, -0.25) is 0 Å². The van der Waals surface area contributed by atoms with E-state index in [-0.39, 0.29) is 0 Å². The molecular formula is C57H38N4O2. The van der Waals surface area contributed by atoms with E-state index in [0.29, 0.717) is 17.5 Å². The molecule has 13 rings (SSSR count). The fourth-order valence-electron chi connectivity index (χ4n) is 9.30. The molecule has 9 aromatic carbocycles. The van der Waals surface area contributed by atoms with Gasteiger partial charge in [0, 0.05) is 65.6 Å². The van der Waals surface area contributed by atoms with Crippen molar-refractivity contribution in [3.8, 4) is 51.0 Å². The van der Waals surface area contributed by atoms with Gasteiger partial charge in [0.2, 0.25) is 0 Å². The maximum atomic E-state index is 6.41. The Kier molecular flexibility index (Phi) is 8.50. The number of nitrogens with zero attached hydrogens (tertiary/aromatic N) is 4. The van der Waals surface area contributed by atoms with Crippen molar-refractivity contribution < 1.29 is 8.83 Å². The van der Waals surface area contributed by atoms with Crippen molar-refractivity contribution in [1.82, 2.24) is 19.5 Å². The van der Waals surface area contributed by atoms with Crippen molar-refractivity contribution in [3.63, 3.8) is 0 Å². The fraction of sp³-hybridized carbons (Fsp3) is 0.0351. The number of rotatable bonds is 5. The maximum absolute atomic E-state index is 6.41. The molecule has 0 radical (unpaired) electrons. The van der Waals surface area contributed by atoms with Crippen LogP contribution in [-0.4, -0.2) is 19.5 Å². The van der Waals surface area contributed by atoms with Crippen molar-refractivity contribution in [3.05, 3.63) is 194 Å². The number of fused-ring (bicyclic) bond motifs is 11. The first-order chi connectivity index (χ1) is 31.2. The van der Waals surface area contributed by atoms with Gasteiger partial charge in [-0.15, -0.1) is 0 Å². The van der Waals surface area contributed by atoms with Crippen LogP contribution in [0.2, 0.25) is 0 Å². The Balaban J connectivity index is 0.00000208. The average Bonchev–Trinajstić information content (AvgIpc) is 4.04. The molecule has 6 nitrogen and oxygen atoms in total. The lowest BCUT2D eigenvalue weighted by atomic mass is 9.97. The largest absolute Gasteiger partial charge is 0.456 e. The van der Waals surface area contributed by atoms with E-state index in [9.17, 15) is 0 Å². The standard InChI is InChI=1S/C55H32N4O2.C2H6/c1-2-14-34(15-3-1)53-56-54(58-55(57-53)36-28-29-40-39-19-6-8-24-46(39)61-49(40)32-36)35-16-10-17-37(31-35)59-51-38-18-5-4-13-33(38)27-30-44(51)43-23-11-22-42(52(43)59)41-21-12-26-48-50(41)45-20-7-9-25-47(45)60-48;1-2/h1-32H;1-2H3. The van der Waals surface area contributed by atoms with E-state index in [1.54, 1.807) is 0 Å². The normalized spacial score (nSPS) is 11.7. The van der Waals surface area contributed by atoms with Gasteiger partial charge in [-0.1, -0.05) is 166 Å². The Morgan fingerprint density at radius 2 is 0.889 bits per heavy atom. The molecular weight excluding hydrogens is 773 g/mol. The minimum absolute atomic E-state index is 0.571. The molecule has 0 N–H and O–H groups in total. The number of hydrogen-bond acceptors (Lipinski definition) is 5. The summed E-state index contributed by atoms with van der Waals surface area (Å²) in [5, 5.41) is 9.04. The van der Waals surface area contributed by atoms with Gasteiger partial charge in [0.25, 0.3) is 0 Å². The molecule has 0 unspecified atom stereocenters. The average molecular weight is 811 g/mol. The highest BCUT2D eigenvalue weighted by atomic mass is 16.3. The van der Waals surface area contributed by atoms with E-state index in [0.717, 1.165) is 88.4 Å². The Hall–Kier alpha value is -8.35. The lowest BCUT2D eigenvalue weighted by Crippen LogP contribution is -2.01. The molecule has 0 bridgehead atoms. The first-order valence-electron chi connectivity index (χ1n) is 21.4. The summed E-state index contributed by atoms with van der Waals surface area (Å²) < 4.78 is 15.1. The van der Waals surface area contributed by atoms with E-state index in [4.69, 9.17) is 23.8 Å². The van der Waals surface area contributed by atoms with Crippen molar-refractivity contribution >= 4 is 76.5 Å². The summed E-state index contributed by atoms with van der Waals surface area (Å²) >= 11 is 0. The SMILES string of the molecule is CC.c1ccc(-c2nc(-c3cccc(-n4c5c(-c6cccc7oc8ccccc8c67)cccc5c5ccc6ccccc6c54)c3)nc(-c3ccc4c(c3)oc3ccccc34)n2)cc1. The zero-order valence-electron chi connectivity index (χ0n) is 34.6. The Labute approximate surface area is 362 Å². The molecule has 0 saturated heterocycles. The first-order valence-corrected chi connectivity index (χ1v) is 21.4. The number of aromatic nitrogens is 4. The summed E-state index contributed by atoms with van der Waals surface area (Å²) in [5.74, 6) is 1.75. The summed E-state index contributed by atoms with van der Waals surface area (Å²) in [5.41, 5.74) is 11.5. The van der Waals surface area contributed by atoms with Crippen LogP contribution in [0.1, 0.15) is 13.8 Å². The quantitative estimate of drug-likeness (QED) is 0.173. The van der Waals surface area contributed by atoms with Crippen LogP contribution in [0.5, 0.6) is 0 Å². The monoisotopic (exact) mass is 810 g/mol. The molecule has 6 heteroatoms. The zero-order chi connectivity index (χ0) is 42.0. The lowest BCUT2D eigenvalue weighted by Gasteiger charge is -2.15.